The third-order valence-electron chi connectivity index (χ3n) is 5.74. The Balaban J connectivity index is 1.42. The average molecular weight is 491 g/mol. The quantitative estimate of drug-likeness (QED) is 0.376. The largest absolute Gasteiger partial charge is 0.449 e. The molecule has 3 amide bonds. The SMILES string of the molecule is CCc1ccc(NC(=O)C(C)OC(=O)c2ccc3c(c2)C(=O)N(Cc2ccc(Cl)cc2)C3=O)cc1. The van der Waals surface area contributed by atoms with E-state index in [1.807, 2.05) is 19.1 Å². The topological polar surface area (TPSA) is 92.8 Å². The zero-order valence-corrected chi connectivity index (χ0v) is 20.0. The van der Waals surface area contributed by atoms with Crippen LogP contribution >= 0.6 is 11.6 Å². The maximum Gasteiger partial charge on any atom is 0.338 e. The minimum atomic E-state index is -1.07. The average Bonchev–Trinajstić information content (AvgIpc) is 3.10. The summed E-state index contributed by atoms with van der Waals surface area (Å²) < 4.78 is 5.30. The van der Waals surface area contributed by atoms with Crippen LogP contribution in [0.25, 0.3) is 0 Å². The number of halogens is 1. The van der Waals surface area contributed by atoms with Gasteiger partial charge in [0.1, 0.15) is 0 Å². The Morgan fingerprint density at radius 2 is 1.54 bits per heavy atom. The summed E-state index contributed by atoms with van der Waals surface area (Å²) in [5, 5.41) is 3.26. The summed E-state index contributed by atoms with van der Waals surface area (Å²) in [6.45, 7) is 3.58. The Kier molecular flexibility index (Phi) is 6.98. The van der Waals surface area contributed by atoms with E-state index in [4.69, 9.17) is 16.3 Å². The van der Waals surface area contributed by atoms with E-state index in [0.29, 0.717) is 10.7 Å². The highest BCUT2D eigenvalue weighted by atomic mass is 35.5. The molecule has 0 fully saturated rings. The summed E-state index contributed by atoms with van der Waals surface area (Å²) in [5.41, 5.74) is 2.88. The molecule has 1 heterocycles. The van der Waals surface area contributed by atoms with Crippen molar-refractivity contribution >= 4 is 41.0 Å². The molecule has 178 valence electrons. The van der Waals surface area contributed by atoms with Gasteiger partial charge >= 0.3 is 5.97 Å². The zero-order valence-electron chi connectivity index (χ0n) is 19.2. The maximum absolute atomic E-state index is 12.9. The normalized spacial score (nSPS) is 13.4. The molecule has 1 aliphatic heterocycles. The molecule has 0 spiro atoms. The Morgan fingerprint density at radius 3 is 2.20 bits per heavy atom. The van der Waals surface area contributed by atoms with Crippen molar-refractivity contribution in [1.29, 1.82) is 0 Å². The van der Waals surface area contributed by atoms with Crippen molar-refractivity contribution in [3.8, 4) is 0 Å². The van der Waals surface area contributed by atoms with Crippen LogP contribution in [0, 0.1) is 0 Å². The lowest BCUT2D eigenvalue weighted by Gasteiger charge is -2.14. The molecule has 0 saturated heterocycles. The number of anilines is 1. The molecule has 1 N–H and O–H groups in total. The predicted molar refractivity (Wildman–Crippen MR) is 131 cm³/mol. The molecule has 8 heteroatoms. The smallest absolute Gasteiger partial charge is 0.338 e. The van der Waals surface area contributed by atoms with Crippen LogP contribution in [0.2, 0.25) is 5.02 Å². The van der Waals surface area contributed by atoms with Gasteiger partial charge in [-0.05, 0) is 66.9 Å². The van der Waals surface area contributed by atoms with Crippen molar-refractivity contribution < 1.29 is 23.9 Å². The number of hydrogen-bond acceptors (Lipinski definition) is 5. The third kappa shape index (κ3) is 5.25. The fraction of sp³-hybridized carbons (Fsp3) is 0.185. The van der Waals surface area contributed by atoms with E-state index in [9.17, 15) is 19.2 Å². The number of benzene rings is 3. The fourth-order valence-electron chi connectivity index (χ4n) is 3.68. The molecule has 4 rings (SSSR count). The summed E-state index contributed by atoms with van der Waals surface area (Å²) >= 11 is 5.90. The van der Waals surface area contributed by atoms with Gasteiger partial charge in [0.05, 0.1) is 23.2 Å². The highest BCUT2D eigenvalue weighted by Crippen LogP contribution is 2.26. The number of nitrogens with zero attached hydrogens (tertiary/aromatic N) is 1. The van der Waals surface area contributed by atoms with Crippen LogP contribution in [0.1, 0.15) is 56.0 Å². The fourth-order valence-corrected chi connectivity index (χ4v) is 3.81. The van der Waals surface area contributed by atoms with Gasteiger partial charge in [0.2, 0.25) is 0 Å². The van der Waals surface area contributed by atoms with E-state index in [1.54, 1.807) is 36.4 Å². The van der Waals surface area contributed by atoms with Gasteiger partial charge in [-0.3, -0.25) is 19.3 Å². The van der Waals surface area contributed by atoms with Gasteiger partial charge in [-0.2, -0.15) is 0 Å². The summed E-state index contributed by atoms with van der Waals surface area (Å²) in [6.07, 6.45) is -0.184. The van der Waals surface area contributed by atoms with Crippen molar-refractivity contribution in [2.75, 3.05) is 5.32 Å². The van der Waals surface area contributed by atoms with Crippen LogP contribution in [0.3, 0.4) is 0 Å². The molecule has 7 nitrogen and oxygen atoms in total. The lowest BCUT2D eigenvalue weighted by Crippen LogP contribution is -2.30. The Hall–Kier alpha value is -3.97. The molecule has 3 aromatic carbocycles. The third-order valence-corrected chi connectivity index (χ3v) is 6.00. The number of hydrogen-bond donors (Lipinski definition) is 1. The number of aryl methyl sites for hydroxylation is 1. The van der Waals surface area contributed by atoms with Crippen molar-refractivity contribution in [2.24, 2.45) is 0 Å². The highest BCUT2D eigenvalue weighted by molar-refractivity contribution is 6.30. The second-order valence-corrected chi connectivity index (χ2v) is 8.61. The van der Waals surface area contributed by atoms with Crippen molar-refractivity contribution in [2.45, 2.75) is 32.9 Å². The van der Waals surface area contributed by atoms with E-state index in [0.717, 1.165) is 22.4 Å². The summed E-state index contributed by atoms with van der Waals surface area (Å²) in [5.74, 6) is -2.20. The van der Waals surface area contributed by atoms with Crippen molar-refractivity contribution in [1.82, 2.24) is 4.90 Å². The molecule has 0 aliphatic carbocycles. The monoisotopic (exact) mass is 490 g/mol. The zero-order chi connectivity index (χ0) is 25.1. The van der Waals surface area contributed by atoms with Crippen LogP contribution in [-0.4, -0.2) is 34.7 Å². The van der Waals surface area contributed by atoms with E-state index in [-0.39, 0.29) is 23.2 Å². The predicted octanol–water partition coefficient (Wildman–Crippen LogP) is 4.88. The molecule has 3 aromatic rings. The van der Waals surface area contributed by atoms with Crippen molar-refractivity contribution in [3.05, 3.63) is 99.6 Å². The van der Waals surface area contributed by atoms with Gasteiger partial charge in [0.25, 0.3) is 17.7 Å². The van der Waals surface area contributed by atoms with Crippen LogP contribution in [0.5, 0.6) is 0 Å². The van der Waals surface area contributed by atoms with Crippen LogP contribution in [0.15, 0.2) is 66.7 Å². The molecule has 0 aromatic heterocycles. The number of carbonyl (C=O) groups excluding carboxylic acids is 4. The van der Waals surface area contributed by atoms with Crippen LogP contribution in [0.4, 0.5) is 5.69 Å². The van der Waals surface area contributed by atoms with Crippen molar-refractivity contribution in [3.63, 3.8) is 0 Å². The standard InChI is InChI=1S/C27H23ClN2O5/c1-3-17-6-11-21(12-7-17)29-24(31)16(2)35-27(34)19-8-13-22-23(14-19)26(33)30(25(22)32)15-18-4-9-20(28)10-5-18/h4-14,16H,3,15H2,1-2H3,(H,29,31). The number of amides is 3. The molecule has 1 aliphatic rings. The number of nitrogens with one attached hydrogen (secondary N) is 1. The highest BCUT2D eigenvalue weighted by Gasteiger charge is 2.36. The molecule has 0 bridgehead atoms. The number of imide groups is 1. The van der Waals surface area contributed by atoms with Gasteiger partial charge in [-0.25, -0.2) is 4.79 Å². The van der Waals surface area contributed by atoms with Crippen LogP contribution in [-0.2, 0) is 22.5 Å². The number of carbonyl (C=O) groups is 4. The Labute approximate surface area is 207 Å². The number of esters is 1. The first kappa shape index (κ1) is 24.2. The minimum absolute atomic E-state index is 0.0743. The lowest BCUT2D eigenvalue weighted by atomic mass is 10.1. The van der Waals surface area contributed by atoms with E-state index in [1.165, 1.54) is 25.1 Å². The van der Waals surface area contributed by atoms with E-state index < -0.39 is 29.8 Å². The van der Waals surface area contributed by atoms with Gasteiger partial charge < -0.3 is 10.1 Å². The molecule has 0 radical (unpaired) electrons. The van der Waals surface area contributed by atoms with Gasteiger partial charge in [-0.15, -0.1) is 0 Å². The first-order chi connectivity index (χ1) is 16.8. The number of rotatable bonds is 7. The van der Waals surface area contributed by atoms with E-state index >= 15 is 0 Å². The molecule has 35 heavy (non-hydrogen) atoms. The lowest BCUT2D eigenvalue weighted by molar-refractivity contribution is -0.123. The maximum atomic E-state index is 12.9. The first-order valence-corrected chi connectivity index (χ1v) is 11.5. The molecular formula is C27H23ClN2O5. The minimum Gasteiger partial charge on any atom is -0.449 e. The summed E-state index contributed by atoms with van der Waals surface area (Å²) in [6, 6.07) is 18.4. The Bertz CT molecular complexity index is 1300. The van der Waals surface area contributed by atoms with Gasteiger partial charge in [0, 0.05) is 10.7 Å². The van der Waals surface area contributed by atoms with E-state index in [2.05, 4.69) is 5.32 Å². The molecular weight excluding hydrogens is 468 g/mol. The summed E-state index contributed by atoms with van der Waals surface area (Å²) in [4.78, 5) is 51.9. The molecule has 1 unspecified atom stereocenters. The second-order valence-electron chi connectivity index (χ2n) is 8.17. The summed E-state index contributed by atoms with van der Waals surface area (Å²) in [7, 11) is 0. The molecule has 1 atom stereocenters. The Morgan fingerprint density at radius 1 is 0.914 bits per heavy atom. The van der Waals surface area contributed by atoms with Gasteiger partial charge in [0.15, 0.2) is 6.10 Å². The number of fused-ring (bicyclic) bond motifs is 1. The number of ether oxygens (including phenoxy) is 1. The van der Waals surface area contributed by atoms with Crippen LogP contribution < -0.4 is 5.32 Å². The molecule has 0 saturated carbocycles. The second kappa shape index (κ2) is 10.1. The van der Waals surface area contributed by atoms with Gasteiger partial charge in [-0.1, -0.05) is 42.8 Å². The first-order valence-electron chi connectivity index (χ1n) is 11.1.